The van der Waals surface area contributed by atoms with Gasteiger partial charge in [0.05, 0.1) is 25.4 Å². The van der Waals surface area contributed by atoms with Crippen LogP contribution in [0.1, 0.15) is 219 Å². The maximum absolute atomic E-state index is 12.9. The van der Waals surface area contributed by atoms with E-state index in [2.05, 4.69) is 67.8 Å². The molecule has 1 aliphatic rings. The molecule has 1 amide bonds. The number of aliphatic hydroxyl groups is 5. The van der Waals surface area contributed by atoms with Crippen LogP contribution in [-0.2, 0) is 14.3 Å². The van der Waals surface area contributed by atoms with Crippen molar-refractivity contribution in [2.45, 2.75) is 262 Å². The molecule has 0 saturated carbocycles. The van der Waals surface area contributed by atoms with E-state index < -0.39 is 49.5 Å². The third-order valence-electron chi connectivity index (χ3n) is 12.0. The van der Waals surface area contributed by atoms with E-state index in [9.17, 15) is 30.3 Å². The van der Waals surface area contributed by atoms with Gasteiger partial charge < -0.3 is 40.3 Å². The highest BCUT2D eigenvalue weighted by molar-refractivity contribution is 5.76. The van der Waals surface area contributed by atoms with Crippen LogP contribution in [0.25, 0.3) is 0 Å². The summed E-state index contributed by atoms with van der Waals surface area (Å²) in [5.74, 6) is -0.207. The Balaban J connectivity index is 2.29. The fraction of sp³-hybridized carbons (Fsp3) is 0.796. The van der Waals surface area contributed by atoms with Crippen molar-refractivity contribution in [3.05, 3.63) is 60.8 Å². The maximum atomic E-state index is 12.9. The van der Waals surface area contributed by atoms with Crippen molar-refractivity contribution in [3.63, 3.8) is 0 Å². The predicted molar refractivity (Wildman–Crippen MR) is 262 cm³/mol. The van der Waals surface area contributed by atoms with Gasteiger partial charge in [-0.25, -0.2) is 0 Å². The van der Waals surface area contributed by atoms with E-state index in [1.807, 2.05) is 6.08 Å². The highest BCUT2D eigenvalue weighted by Gasteiger charge is 2.44. The Morgan fingerprint density at radius 3 is 1.49 bits per heavy atom. The van der Waals surface area contributed by atoms with Crippen molar-refractivity contribution >= 4 is 5.91 Å². The molecule has 0 aromatic carbocycles. The Kier molecular flexibility index (Phi) is 40.9. The van der Waals surface area contributed by atoms with Crippen molar-refractivity contribution in [2.24, 2.45) is 0 Å². The molecule has 6 N–H and O–H groups in total. The van der Waals surface area contributed by atoms with Crippen molar-refractivity contribution < 1.29 is 39.8 Å². The molecule has 1 rings (SSSR count). The number of carbonyl (C=O) groups is 1. The van der Waals surface area contributed by atoms with Crippen LogP contribution in [0, 0.1) is 0 Å². The molecule has 1 fully saturated rings. The second-order valence-electron chi connectivity index (χ2n) is 17.9. The molecule has 0 spiro atoms. The Hall–Kier alpha value is -2.11. The van der Waals surface area contributed by atoms with E-state index in [4.69, 9.17) is 9.47 Å². The highest BCUT2D eigenvalue weighted by atomic mass is 16.7. The van der Waals surface area contributed by atoms with E-state index in [0.717, 1.165) is 77.0 Å². The van der Waals surface area contributed by atoms with Gasteiger partial charge in [0.25, 0.3) is 0 Å². The van der Waals surface area contributed by atoms with Crippen LogP contribution < -0.4 is 5.32 Å². The molecule has 7 unspecified atom stereocenters. The predicted octanol–water partition coefficient (Wildman–Crippen LogP) is 12.0. The van der Waals surface area contributed by atoms with Gasteiger partial charge in [0.2, 0.25) is 5.91 Å². The van der Waals surface area contributed by atoms with Crippen LogP contribution in [0.4, 0.5) is 0 Å². The van der Waals surface area contributed by atoms with E-state index in [1.54, 1.807) is 6.08 Å². The van der Waals surface area contributed by atoms with Gasteiger partial charge in [-0.2, -0.15) is 0 Å². The molecule has 366 valence electrons. The van der Waals surface area contributed by atoms with Gasteiger partial charge in [0.1, 0.15) is 24.4 Å². The van der Waals surface area contributed by atoms with E-state index in [1.165, 1.54) is 122 Å². The summed E-state index contributed by atoms with van der Waals surface area (Å²) in [6, 6.07) is -0.837. The normalized spacial score (nSPS) is 20.7. The molecule has 7 atom stereocenters. The molecule has 0 aromatic heterocycles. The minimum absolute atomic E-state index is 0.207. The first-order chi connectivity index (χ1) is 30.8. The number of ether oxygens (including phenoxy) is 2. The quantitative estimate of drug-likeness (QED) is 0.0262. The zero-order valence-electron chi connectivity index (χ0n) is 40.3. The third-order valence-corrected chi connectivity index (χ3v) is 12.0. The molecule has 0 radical (unpaired) electrons. The van der Waals surface area contributed by atoms with Gasteiger partial charge in [-0.15, -0.1) is 0 Å². The molecule has 0 aliphatic carbocycles. The first-order valence-corrected chi connectivity index (χ1v) is 26.0. The second-order valence-corrected chi connectivity index (χ2v) is 17.9. The molecule has 0 bridgehead atoms. The lowest BCUT2D eigenvalue weighted by atomic mass is 9.99. The molecule has 1 saturated heterocycles. The zero-order valence-corrected chi connectivity index (χ0v) is 40.3. The van der Waals surface area contributed by atoms with Crippen LogP contribution in [0.5, 0.6) is 0 Å². The number of amides is 1. The van der Waals surface area contributed by atoms with Crippen LogP contribution >= 0.6 is 0 Å². The van der Waals surface area contributed by atoms with E-state index >= 15 is 0 Å². The summed E-state index contributed by atoms with van der Waals surface area (Å²) >= 11 is 0. The standard InChI is InChI=1S/C54H97NO8/c1-3-5-7-9-11-13-15-17-18-19-20-21-22-23-24-25-26-27-28-29-30-32-33-35-37-39-41-43-48(57)47(46-62-54-53(61)52(60)51(59)49(45-56)63-54)55-50(58)44-42-40-38-36-34-31-16-14-12-10-8-6-4-2/h8,10,14,16,28-29,33,35,41,43,47-49,51-54,56-57,59-61H,3-7,9,11-13,15,17-27,30-32,34,36-40,42,44-46H2,1-2H3,(H,55,58)/b10-8-,16-14-,29-28+,35-33+,43-41+. The van der Waals surface area contributed by atoms with Crippen molar-refractivity contribution in [1.82, 2.24) is 5.32 Å². The number of allylic oxidation sites excluding steroid dienone is 9. The number of unbranched alkanes of at least 4 members (excludes halogenated alkanes) is 25. The largest absolute Gasteiger partial charge is 0.394 e. The van der Waals surface area contributed by atoms with Crippen LogP contribution in [-0.4, -0.2) is 87.5 Å². The van der Waals surface area contributed by atoms with Crippen LogP contribution in [0.15, 0.2) is 60.8 Å². The molecule has 0 aromatic rings. The Morgan fingerprint density at radius 1 is 0.540 bits per heavy atom. The van der Waals surface area contributed by atoms with E-state index in [0.29, 0.717) is 6.42 Å². The fourth-order valence-corrected chi connectivity index (χ4v) is 7.87. The van der Waals surface area contributed by atoms with Crippen molar-refractivity contribution in [3.8, 4) is 0 Å². The van der Waals surface area contributed by atoms with Crippen molar-refractivity contribution in [1.29, 1.82) is 0 Å². The minimum atomic E-state index is -1.58. The third kappa shape index (κ3) is 33.9. The summed E-state index contributed by atoms with van der Waals surface area (Å²) in [7, 11) is 0. The lowest BCUT2D eigenvalue weighted by Gasteiger charge is -2.40. The fourth-order valence-electron chi connectivity index (χ4n) is 7.87. The summed E-state index contributed by atoms with van der Waals surface area (Å²) < 4.78 is 11.2. The van der Waals surface area contributed by atoms with Gasteiger partial charge in [0.15, 0.2) is 6.29 Å². The zero-order chi connectivity index (χ0) is 45.9. The van der Waals surface area contributed by atoms with Crippen molar-refractivity contribution in [2.75, 3.05) is 13.2 Å². The van der Waals surface area contributed by atoms with Crippen LogP contribution in [0.2, 0.25) is 0 Å². The lowest BCUT2D eigenvalue weighted by Crippen LogP contribution is -2.60. The molecule has 1 heterocycles. The average Bonchev–Trinajstić information content (AvgIpc) is 3.28. The van der Waals surface area contributed by atoms with Gasteiger partial charge >= 0.3 is 0 Å². The average molecular weight is 888 g/mol. The van der Waals surface area contributed by atoms with E-state index in [-0.39, 0.29) is 12.5 Å². The topological polar surface area (TPSA) is 149 Å². The maximum Gasteiger partial charge on any atom is 0.220 e. The SMILES string of the molecule is CCC/C=C\C/C=C\CCCCCCCC(=O)NC(COC1OC(CO)C(O)C(O)C1O)C(O)/C=C/CC/C=C/CC/C=C/CCCCCCCCCCCCCCCCCCC. The minimum Gasteiger partial charge on any atom is -0.394 e. The number of nitrogens with one attached hydrogen (secondary N) is 1. The monoisotopic (exact) mass is 888 g/mol. The smallest absolute Gasteiger partial charge is 0.220 e. The van der Waals surface area contributed by atoms with Gasteiger partial charge in [-0.05, 0) is 70.6 Å². The highest BCUT2D eigenvalue weighted by Crippen LogP contribution is 2.23. The molecular weight excluding hydrogens is 791 g/mol. The van der Waals surface area contributed by atoms with Gasteiger partial charge in [-0.3, -0.25) is 4.79 Å². The molecule has 9 heteroatoms. The number of hydrogen-bond donors (Lipinski definition) is 6. The lowest BCUT2D eigenvalue weighted by molar-refractivity contribution is -0.302. The number of aliphatic hydroxyl groups excluding tert-OH is 5. The summed E-state index contributed by atoms with van der Waals surface area (Å²) in [4.78, 5) is 12.9. The van der Waals surface area contributed by atoms with Crippen LogP contribution in [0.3, 0.4) is 0 Å². The van der Waals surface area contributed by atoms with Gasteiger partial charge in [0, 0.05) is 6.42 Å². The summed E-state index contributed by atoms with van der Waals surface area (Å²) in [6.07, 6.45) is 51.5. The first-order valence-electron chi connectivity index (χ1n) is 26.0. The number of hydrogen-bond acceptors (Lipinski definition) is 8. The Labute approximate surface area is 386 Å². The first kappa shape index (κ1) is 58.9. The summed E-state index contributed by atoms with van der Waals surface area (Å²) in [5.41, 5.74) is 0. The number of carbonyl (C=O) groups excluding carboxylic acids is 1. The van der Waals surface area contributed by atoms with Gasteiger partial charge in [-0.1, -0.05) is 203 Å². The molecular formula is C54H97NO8. The summed E-state index contributed by atoms with van der Waals surface area (Å²) in [6.45, 7) is 3.68. The summed E-state index contributed by atoms with van der Waals surface area (Å²) in [5, 5.41) is 54.2. The molecule has 9 nitrogen and oxygen atoms in total. The molecule has 63 heavy (non-hydrogen) atoms. The number of rotatable bonds is 43. The second kappa shape index (κ2) is 43.8. The Bertz CT molecular complexity index is 1170. The Morgan fingerprint density at radius 2 is 0.984 bits per heavy atom. The molecule has 1 aliphatic heterocycles.